The average Bonchev–Trinajstić information content (AvgIpc) is 2.62. The molecule has 0 aromatic heterocycles. The molecule has 0 saturated carbocycles. The molecule has 0 spiro atoms. The van der Waals surface area contributed by atoms with Crippen molar-refractivity contribution in [1.29, 1.82) is 0 Å². The van der Waals surface area contributed by atoms with Crippen molar-refractivity contribution in [3.63, 3.8) is 0 Å². The van der Waals surface area contributed by atoms with Gasteiger partial charge in [0, 0.05) is 12.7 Å². The fourth-order valence-electron chi connectivity index (χ4n) is 2.64. The van der Waals surface area contributed by atoms with E-state index in [0.29, 0.717) is 11.5 Å². The first-order valence-corrected chi connectivity index (χ1v) is 8.15. The summed E-state index contributed by atoms with van der Waals surface area (Å²) < 4.78 is 0. The van der Waals surface area contributed by atoms with Crippen LogP contribution in [0, 0.1) is 0 Å². The second-order valence-corrected chi connectivity index (χ2v) is 5.95. The van der Waals surface area contributed by atoms with Crippen LogP contribution < -0.4 is 10.2 Å². The minimum atomic E-state index is -0.112. The standard InChI is InChI=1S/C20H18N2OS/c1-22(17-11-3-2-4-12-17)20(24)21-19(23)14-16-10-7-9-15-8-5-6-13-18(15)16/h2-13H,14H2,1H3,(H,21,23,24). The van der Waals surface area contributed by atoms with Gasteiger partial charge in [-0.1, -0.05) is 60.7 Å². The minimum absolute atomic E-state index is 0.112. The predicted molar refractivity (Wildman–Crippen MR) is 103 cm³/mol. The SMILES string of the molecule is CN(C(=S)NC(=O)Cc1cccc2ccccc12)c1ccccc1. The summed E-state index contributed by atoms with van der Waals surface area (Å²) in [5.74, 6) is -0.112. The van der Waals surface area contributed by atoms with Crippen LogP contribution in [0.1, 0.15) is 5.56 Å². The maximum absolute atomic E-state index is 12.4. The van der Waals surface area contributed by atoms with Gasteiger partial charge in [0.1, 0.15) is 0 Å². The third kappa shape index (κ3) is 3.60. The van der Waals surface area contributed by atoms with Gasteiger partial charge in [-0.3, -0.25) is 4.79 Å². The molecule has 1 amide bonds. The van der Waals surface area contributed by atoms with Crippen LogP contribution in [0.25, 0.3) is 10.8 Å². The zero-order valence-electron chi connectivity index (χ0n) is 13.4. The zero-order chi connectivity index (χ0) is 16.9. The highest BCUT2D eigenvalue weighted by atomic mass is 32.1. The van der Waals surface area contributed by atoms with Crippen molar-refractivity contribution < 1.29 is 4.79 Å². The summed E-state index contributed by atoms with van der Waals surface area (Å²) in [5.41, 5.74) is 1.93. The van der Waals surface area contributed by atoms with E-state index in [9.17, 15) is 4.79 Å². The van der Waals surface area contributed by atoms with E-state index in [-0.39, 0.29) is 5.91 Å². The highest BCUT2D eigenvalue weighted by Crippen LogP contribution is 2.19. The summed E-state index contributed by atoms with van der Waals surface area (Å²) in [6.07, 6.45) is 0.296. The summed E-state index contributed by atoms with van der Waals surface area (Å²) in [5, 5.41) is 5.43. The summed E-state index contributed by atoms with van der Waals surface area (Å²) >= 11 is 5.34. The fourth-order valence-corrected chi connectivity index (χ4v) is 2.86. The number of benzene rings is 3. The average molecular weight is 334 g/mol. The predicted octanol–water partition coefficient (Wildman–Crippen LogP) is 3.92. The maximum atomic E-state index is 12.4. The van der Waals surface area contributed by atoms with Gasteiger partial charge in [0.15, 0.2) is 5.11 Å². The van der Waals surface area contributed by atoms with Crippen LogP contribution in [0.4, 0.5) is 5.69 Å². The monoisotopic (exact) mass is 334 g/mol. The second-order valence-electron chi connectivity index (χ2n) is 5.56. The molecule has 4 heteroatoms. The topological polar surface area (TPSA) is 32.3 Å². The van der Waals surface area contributed by atoms with E-state index in [4.69, 9.17) is 12.2 Å². The third-order valence-corrected chi connectivity index (χ3v) is 4.30. The molecule has 0 atom stereocenters. The maximum Gasteiger partial charge on any atom is 0.230 e. The van der Waals surface area contributed by atoms with Crippen molar-refractivity contribution in [3.8, 4) is 0 Å². The van der Waals surface area contributed by atoms with Crippen LogP contribution in [0.15, 0.2) is 72.8 Å². The van der Waals surface area contributed by atoms with Crippen LogP contribution in [0.2, 0.25) is 0 Å². The number of carbonyl (C=O) groups is 1. The number of rotatable bonds is 3. The number of carbonyl (C=O) groups excluding carboxylic acids is 1. The number of para-hydroxylation sites is 1. The Labute approximate surface area is 146 Å². The number of nitrogens with one attached hydrogen (secondary N) is 1. The Hall–Kier alpha value is -2.72. The number of nitrogens with zero attached hydrogens (tertiary/aromatic N) is 1. The normalized spacial score (nSPS) is 10.4. The Morgan fingerprint density at radius 1 is 0.958 bits per heavy atom. The third-order valence-electron chi connectivity index (χ3n) is 3.93. The molecule has 0 aliphatic heterocycles. The first-order chi connectivity index (χ1) is 11.6. The van der Waals surface area contributed by atoms with Crippen LogP contribution >= 0.6 is 12.2 Å². The van der Waals surface area contributed by atoms with Crippen LogP contribution in [0.3, 0.4) is 0 Å². The number of anilines is 1. The van der Waals surface area contributed by atoms with Crippen LogP contribution in [0.5, 0.6) is 0 Å². The highest BCUT2D eigenvalue weighted by Gasteiger charge is 2.12. The van der Waals surface area contributed by atoms with Gasteiger partial charge < -0.3 is 10.2 Å². The van der Waals surface area contributed by atoms with Gasteiger partial charge in [0.2, 0.25) is 5.91 Å². The molecule has 0 radical (unpaired) electrons. The molecule has 24 heavy (non-hydrogen) atoms. The van der Waals surface area contributed by atoms with E-state index >= 15 is 0 Å². The lowest BCUT2D eigenvalue weighted by Gasteiger charge is -2.20. The van der Waals surface area contributed by atoms with Gasteiger partial charge in [0.25, 0.3) is 0 Å². The number of thiocarbonyl (C=S) groups is 1. The number of hydrogen-bond donors (Lipinski definition) is 1. The van der Waals surface area contributed by atoms with E-state index < -0.39 is 0 Å². The molecule has 0 unspecified atom stereocenters. The first kappa shape index (κ1) is 16.1. The Kier molecular flexibility index (Phi) is 4.87. The van der Waals surface area contributed by atoms with Crippen molar-refractivity contribution in [2.75, 3.05) is 11.9 Å². The second kappa shape index (κ2) is 7.23. The van der Waals surface area contributed by atoms with Crippen molar-refractivity contribution in [3.05, 3.63) is 78.4 Å². The number of hydrogen-bond acceptors (Lipinski definition) is 2. The van der Waals surface area contributed by atoms with Gasteiger partial charge in [-0.05, 0) is 40.7 Å². The van der Waals surface area contributed by atoms with Gasteiger partial charge in [-0.25, -0.2) is 0 Å². The lowest BCUT2D eigenvalue weighted by atomic mass is 10.0. The van der Waals surface area contributed by atoms with Crippen LogP contribution in [-0.4, -0.2) is 18.1 Å². The molecule has 3 aromatic rings. The van der Waals surface area contributed by atoms with Crippen LogP contribution in [-0.2, 0) is 11.2 Å². The quantitative estimate of drug-likeness (QED) is 0.737. The van der Waals surface area contributed by atoms with Crippen molar-refractivity contribution in [2.45, 2.75) is 6.42 Å². The molecule has 0 aliphatic carbocycles. The Morgan fingerprint density at radius 3 is 2.42 bits per heavy atom. The number of amides is 1. The van der Waals surface area contributed by atoms with E-state index in [0.717, 1.165) is 22.0 Å². The van der Waals surface area contributed by atoms with E-state index in [1.165, 1.54) is 0 Å². The van der Waals surface area contributed by atoms with Gasteiger partial charge in [0.05, 0.1) is 6.42 Å². The summed E-state index contributed by atoms with van der Waals surface area (Å²) in [6.45, 7) is 0. The molecule has 3 aromatic carbocycles. The molecular weight excluding hydrogens is 316 g/mol. The van der Waals surface area contributed by atoms with Crippen molar-refractivity contribution in [2.24, 2.45) is 0 Å². The van der Waals surface area contributed by atoms with Crippen molar-refractivity contribution >= 4 is 39.7 Å². The molecule has 0 heterocycles. The highest BCUT2D eigenvalue weighted by molar-refractivity contribution is 7.80. The zero-order valence-corrected chi connectivity index (χ0v) is 14.2. The summed E-state index contributed by atoms with van der Waals surface area (Å²) in [7, 11) is 1.84. The molecular formula is C20H18N2OS. The Bertz CT molecular complexity index is 872. The lowest BCUT2D eigenvalue weighted by molar-refractivity contribution is -0.119. The smallest absolute Gasteiger partial charge is 0.230 e. The van der Waals surface area contributed by atoms with Gasteiger partial charge in [-0.15, -0.1) is 0 Å². The van der Waals surface area contributed by atoms with E-state index in [1.807, 2.05) is 79.8 Å². The Morgan fingerprint density at radius 2 is 1.62 bits per heavy atom. The molecule has 0 saturated heterocycles. The largest absolute Gasteiger partial charge is 0.322 e. The van der Waals surface area contributed by atoms with Gasteiger partial charge >= 0.3 is 0 Å². The molecule has 0 fully saturated rings. The van der Waals surface area contributed by atoms with Gasteiger partial charge in [-0.2, -0.15) is 0 Å². The minimum Gasteiger partial charge on any atom is -0.322 e. The molecule has 0 aliphatic rings. The van der Waals surface area contributed by atoms with Crippen molar-refractivity contribution in [1.82, 2.24) is 5.32 Å². The molecule has 3 nitrogen and oxygen atoms in total. The molecule has 120 valence electrons. The van der Waals surface area contributed by atoms with E-state index in [1.54, 1.807) is 4.90 Å². The molecule has 1 N–H and O–H groups in total. The number of fused-ring (bicyclic) bond motifs is 1. The molecule has 3 rings (SSSR count). The fraction of sp³-hybridized carbons (Fsp3) is 0.100. The Balaban J connectivity index is 1.70. The summed E-state index contributed by atoms with van der Waals surface area (Å²) in [6, 6.07) is 23.8. The lowest BCUT2D eigenvalue weighted by Crippen LogP contribution is -2.41. The van der Waals surface area contributed by atoms with E-state index in [2.05, 4.69) is 5.32 Å². The first-order valence-electron chi connectivity index (χ1n) is 7.74. The molecule has 0 bridgehead atoms. The summed E-state index contributed by atoms with van der Waals surface area (Å²) in [4.78, 5) is 14.2.